The van der Waals surface area contributed by atoms with Crippen LogP contribution in [-0.4, -0.2) is 36.3 Å². The molecule has 0 aromatic carbocycles. The van der Waals surface area contributed by atoms with Crippen molar-refractivity contribution in [1.29, 1.82) is 0 Å². The van der Waals surface area contributed by atoms with Gasteiger partial charge in [-0.1, -0.05) is 0 Å². The highest BCUT2D eigenvalue weighted by Gasteiger charge is 2.29. The van der Waals surface area contributed by atoms with E-state index in [9.17, 15) is 4.79 Å². The Labute approximate surface area is 139 Å². The maximum absolute atomic E-state index is 12.2. The summed E-state index contributed by atoms with van der Waals surface area (Å²) in [4.78, 5) is 16.4. The molecule has 3 heterocycles. The first-order chi connectivity index (χ1) is 11.2. The molecule has 5 nitrogen and oxygen atoms in total. The summed E-state index contributed by atoms with van der Waals surface area (Å²) in [6, 6.07) is 5.64. The number of hydrogen-bond donors (Lipinski definition) is 1. The Balaban J connectivity index is 1.59. The Morgan fingerprint density at radius 3 is 3.13 bits per heavy atom. The molecule has 1 saturated heterocycles. The van der Waals surface area contributed by atoms with Gasteiger partial charge in [-0.15, -0.1) is 0 Å². The van der Waals surface area contributed by atoms with Crippen molar-refractivity contribution in [2.45, 2.75) is 31.9 Å². The molecule has 2 atom stereocenters. The number of nitrogens with zero attached hydrogens (tertiary/aromatic N) is 1. The minimum atomic E-state index is -0.142. The monoisotopic (exact) mass is 332 g/mol. The van der Waals surface area contributed by atoms with Crippen molar-refractivity contribution in [2.75, 3.05) is 13.2 Å². The molecule has 23 heavy (non-hydrogen) atoms. The first-order valence-corrected chi connectivity index (χ1v) is 8.62. The SMILES string of the molecule is Cc1ccc(O[C@@H]2CCOC[C@@H]2NC(=O)Cc2ccsc2)cn1. The summed E-state index contributed by atoms with van der Waals surface area (Å²) < 4.78 is 11.5. The van der Waals surface area contributed by atoms with Crippen LogP contribution < -0.4 is 10.1 Å². The van der Waals surface area contributed by atoms with E-state index in [1.165, 1.54) is 0 Å². The number of aromatic nitrogens is 1. The molecule has 1 fully saturated rings. The molecular formula is C17H20N2O3S. The van der Waals surface area contributed by atoms with Crippen molar-refractivity contribution >= 4 is 17.2 Å². The van der Waals surface area contributed by atoms with E-state index < -0.39 is 0 Å². The van der Waals surface area contributed by atoms with E-state index in [-0.39, 0.29) is 18.1 Å². The van der Waals surface area contributed by atoms with E-state index in [0.717, 1.165) is 23.4 Å². The van der Waals surface area contributed by atoms with Gasteiger partial charge in [-0.25, -0.2) is 0 Å². The average molecular weight is 332 g/mol. The van der Waals surface area contributed by atoms with Gasteiger partial charge in [-0.05, 0) is 41.4 Å². The van der Waals surface area contributed by atoms with E-state index in [4.69, 9.17) is 9.47 Å². The number of amides is 1. The lowest BCUT2D eigenvalue weighted by Gasteiger charge is -2.32. The van der Waals surface area contributed by atoms with Crippen LogP contribution in [0, 0.1) is 6.92 Å². The van der Waals surface area contributed by atoms with Crippen LogP contribution in [-0.2, 0) is 16.0 Å². The van der Waals surface area contributed by atoms with Gasteiger partial charge >= 0.3 is 0 Å². The second-order valence-electron chi connectivity index (χ2n) is 5.64. The van der Waals surface area contributed by atoms with Gasteiger partial charge in [0.25, 0.3) is 0 Å². The molecule has 1 aliphatic heterocycles. The molecule has 2 aromatic rings. The van der Waals surface area contributed by atoms with Crippen LogP contribution in [0.15, 0.2) is 35.2 Å². The van der Waals surface area contributed by atoms with Crippen LogP contribution in [0.4, 0.5) is 0 Å². The number of carbonyl (C=O) groups excluding carboxylic acids is 1. The van der Waals surface area contributed by atoms with E-state index >= 15 is 0 Å². The number of thiophene rings is 1. The predicted molar refractivity (Wildman–Crippen MR) is 88.8 cm³/mol. The predicted octanol–water partition coefficient (Wildman–Crippen LogP) is 2.35. The van der Waals surface area contributed by atoms with Crippen molar-refractivity contribution in [3.8, 4) is 5.75 Å². The zero-order chi connectivity index (χ0) is 16.1. The lowest BCUT2D eigenvalue weighted by molar-refractivity contribution is -0.123. The number of ether oxygens (including phenoxy) is 2. The standard InChI is InChI=1S/C17H20N2O3S/c1-12-2-3-14(9-18-12)22-16-4-6-21-10-15(16)19-17(20)8-13-5-7-23-11-13/h2-3,5,7,9,11,15-16H,4,6,8,10H2,1H3,(H,19,20)/t15-,16+/m0/s1. The number of rotatable bonds is 5. The van der Waals surface area contributed by atoms with E-state index in [1.54, 1.807) is 17.5 Å². The van der Waals surface area contributed by atoms with Crippen molar-refractivity contribution in [2.24, 2.45) is 0 Å². The first kappa shape index (κ1) is 16.0. The summed E-state index contributed by atoms with van der Waals surface area (Å²) in [5.41, 5.74) is 1.98. The van der Waals surface area contributed by atoms with Gasteiger partial charge in [0.05, 0.1) is 31.9 Å². The first-order valence-electron chi connectivity index (χ1n) is 7.68. The summed E-state index contributed by atoms with van der Waals surface area (Å²) in [7, 11) is 0. The Bertz CT molecular complexity index is 628. The Hall–Kier alpha value is -1.92. The third-order valence-electron chi connectivity index (χ3n) is 3.76. The second kappa shape index (κ2) is 7.57. The fourth-order valence-corrected chi connectivity index (χ4v) is 3.20. The topological polar surface area (TPSA) is 60.5 Å². The van der Waals surface area contributed by atoms with Crippen LogP contribution in [0.1, 0.15) is 17.7 Å². The maximum atomic E-state index is 12.2. The van der Waals surface area contributed by atoms with Crippen molar-refractivity contribution in [1.82, 2.24) is 10.3 Å². The van der Waals surface area contributed by atoms with Crippen LogP contribution in [0.2, 0.25) is 0 Å². The highest BCUT2D eigenvalue weighted by atomic mass is 32.1. The Kier molecular flexibility index (Phi) is 5.25. The minimum Gasteiger partial charge on any atom is -0.486 e. The van der Waals surface area contributed by atoms with Gasteiger partial charge in [0.15, 0.2) is 0 Å². The van der Waals surface area contributed by atoms with E-state index in [0.29, 0.717) is 19.6 Å². The average Bonchev–Trinajstić information content (AvgIpc) is 3.04. The zero-order valence-corrected chi connectivity index (χ0v) is 13.8. The van der Waals surface area contributed by atoms with Crippen molar-refractivity contribution in [3.63, 3.8) is 0 Å². The molecule has 6 heteroatoms. The van der Waals surface area contributed by atoms with E-state index in [2.05, 4.69) is 10.3 Å². The van der Waals surface area contributed by atoms with Crippen LogP contribution in [0.5, 0.6) is 5.75 Å². The molecule has 1 N–H and O–H groups in total. The Morgan fingerprint density at radius 2 is 2.39 bits per heavy atom. The highest BCUT2D eigenvalue weighted by Crippen LogP contribution is 2.18. The molecular weight excluding hydrogens is 312 g/mol. The third kappa shape index (κ3) is 4.53. The summed E-state index contributed by atoms with van der Waals surface area (Å²) in [6.45, 7) is 3.05. The molecule has 3 rings (SSSR count). The Morgan fingerprint density at radius 1 is 1.48 bits per heavy atom. The number of nitrogens with one attached hydrogen (secondary N) is 1. The van der Waals surface area contributed by atoms with Crippen LogP contribution in [0.25, 0.3) is 0 Å². The third-order valence-corrected chi connectivity index (χ3v) is 4.49. The molecule has 0 radical (unpaired) electrons. The van der Waals surface area contributed by atoms with Crippen LogP contribution in [0.3, 0.4) is 0 Å². The molecule has 0 bridgehead atoms. The summed E-state index contributed by atoms with van der Waals surface area (Å²) in [6.07, 6.45) is 2.75. The van der Waals surface area contributed by atoms with Crippen LogP contribution >= 0.6 is 11.3 Å². The molecule has 1 amide bonds. The fraction of sp³-hybridized carbons (Fsp3) is 0.412. The van der Waals surface area contributed by atoms with Gasteiger partial charge in [-0.3, -0.25) is 9.78 Å². The molecule has 122 valence electrons. The number of aryl methyl sites for hydroxylation is 1. The molecule has 0 saturated carbocycles. The number of hydrogen-bond acceptors (Lipinski definition) is 5. The lowest BCUT2D eigenvalue weighted by atomic mass is 10.1. The van der Waals surface area contributed by atoms with Gasteiger partial charge < -0.3 is 14.8 Å². The van der Waals surface area contributed by atoms with Gasteiger partial charge in [0.1, 0.15) is 11.9 Å². The number of carbonyl (C=O) groups is 1. The summed E-state index contributed by atoms with van der Waals surface area (Å²) >= 11 is 1.59. The smallest absolute Gasteiger partial charge is 0.224 e. The molecule has 1 aliphatic rings. The highest BCUT2D eigenvalue weighted by molar-refractivity contribution is 7.07. The van der Waals surface area contributed by atoms with Gasteiger partial charge in [0, 0.05) is 12.1 Å². The van der Waals surface area contributed by atoms with E-state index in [1.807, 2.05) is 35.9 Å². The maximum Gasteiger partial charge on any atom is 0.224 e. The molecule has 0 aliphatic carbocycles. The van der Waals surface area contributed by atoms with Crippen molar-refractivity contribution < 1.29 is 14.3 Å². The second-order valence-corrected chi connectivity index (χ2v) is 6.42. The van der Waals surface area contributed by atoms with Crippen molar-refractivity contribution in [3.05, 3.63) is 46.4 Å². The number of pyridine rings is 1. The quantitative estimate of drug-likeness (QED) is 0.913. The fourth-order valence-electron chi connectivity index (χ4n) is 2.53. The van der Waals surface area contributed by atoms with Gasteiger partial charge in [0.2, 0.25) is 5.91 Å². The van der Waals surface area contributed by atoms with Gasteiger partial charge in [-0.2, -0.15) is 11.3 Å². The zero-order valence-electron chi connectivity index (χ0n) is 13.0. The minimum absolute atomic E-state index is 0.00506. The molecule has 0 unspecified atom stereocenters. The normalized spacial score (nSPS) is 20.9. The molecule has 2 aromatic heterocycles. The summed E-state index contributed by atoms with van der Waals surface area (Å²) in [5.74, 6) is 0.717. The largest absolute Gasteiger partial charge is 0.486 e. The summed E-state index contributed by atoms with van der Waals surface area (Å²) in [5, 5.41) is 7.00. The lowest BCUT2D eigenvalue weighted by Crippen LogP contribution is -2.52. The molecule has 0 spiro atoms.